The number of pyridine rings is 1. The zero-order valence-corrected chi connectivity index (χ0v) is 24.6. The summed E-state index contributed by atoms with van der Waals surface area (Å²) in [5.74, 6) is -3.40. The second-order valence-electron chi connectivity index (χ2n) is 8.66. The minimum absolute atomic E-state index is 0. The molecule has 233 valence electrons. The van der Waals surface area contributed by atoms with E-state index in [1.165, 1.54) is 48.7 Å². The average Bonchev–Trinajstić information content (AvgIpc) is 2.91. The Morgan fingerprint density at radius 2 is 1.16 bits per heavy atom. The van der Waals surface area contributed by atoms with E-state index >= 15 is 0 Å². The number of hydrogen-bond donors (Lipinski definition) is 1. The van der Waals surface area contributed by atoms with Crippen LogP contribution in [0, 0.1) is 17.7 Å². The molecular weight excluding hydrogens is 798 g/mol. The van der Waals surface area contributed by atoms with Gasteiger partial charge in [0, 0.05) is 31.9 Å². The van der Waals surface area contributed by atoms with E-state index in [4.69, 9.17) is 0 Å². The van der Waals surface area contributed by atoms with Gasteiger partial charge in [0.15, 0.2) is 0 Å². The van der Waals surface area contributed by atoms with Gasteiger partial charge in [0.2, 0.25) is 0 Å². The molecule has 0 spiro atoms. The van der Waals surface area contributed by atoms with E-state index in [9.17, 15) is 53.4 Å². The SMILES string of the molecule is Fc1c[c-]c(-c2ccccn2)c(F)c1C(F)(F)F.OC(C[PH+](c1ccccc1)c1ccccc1)(C(F)(F)F)C(F)(F)F.[Ir]. The molecule has 1 N–H and O–H groups in total. The van der Waals surface area contributed by atoms with Crippen LogP contribution in [-0.2, 0) is 26.3 Å². The van der Waals surface area contributed by atoms with Gasteiger partial charge in [0.05, 0.1) is 30.2 Å². The average molecular weight is 818 g/mol. The van der Waals surface area contributed by atoms with Crippen molar-refractivity contribution in [3.63, 3.8) is 0 Å². The first-order chi connectivity index (χ1) is 19.5. The maximum absolute atomic E-state index is 13.7. The van der Waals surface area contributed by atoms with Crippen LogP contribution in [0.5, 0.6) is 0 Å². The van der Waals surface area contributed by atoms with Gasteiger partial charge in [-0.3, -0.25) is 8.78 Å². The summed E-state index contributed by atoms with van der Waals surface area (Å²) in [4.78, 5) is 3.70. The Morgan fingerprint density at radius 3 is 1.56 bits per heavy atom. The van der Waals surface area contributed by atoms with E-state index in [1.807, 2.05) is 0 Å². The van der Waals surface area contributed by atoms with E-state index in [1.54, 1.807) is 36.4 Å². The fourth-order valence-corrected chi connectivity index (χ4v) is 6.57. The maximum atomic E-state index is 13.7. The van der Waals surface area contributed by atoms with Gasteiger partial charge >= 0.3 is 18.5 Å². The third-order valence-electron chi connectivity index (χ3n) is 5.84. The van der Waals surface area contributed by atoms with Crippen molar-refractivity contribution >= 4 is 18.5 Å². The standard InChI is InChI=1S/C16H13F6OP.C12H5F5N.Ir/c17-15(18,19)14(23,16(20,21)22)11-24(12-7-3-1-4-8-12)13-9-5-2-6-10-13;13-8-5-4-7(9-3-1-2-6-18-9)11(14)10(8)12(15,16)17;/h1-10,23H,11H2;1-3,5-6H;/q;-1;/p+1. The molecule has 15 heteroatoms. The van der Waals surface area contributed by atoms with Gasteiger partial charge in [0.1, 0.15) is 6.16 Å². The van der Waals surface area contributed by atoms with Crippen molar-refractivity contribution in [2.24, 2.45) is 0 Å². The molecule has 0 saturated carbocycles. The number of benzene rings is 3. The predicted molar refractivity (Wildman–Crippen MR) is 136 cm³/mol. The second-order valence-corrected chi connectivity index (χ2v) is 11.1. The fraction of sp³-hybridized carbons (Fsp3) is 0.179. The van der Waals surface area contributed by atoms with Gasteiger partial charge in [-0.25, -0.2) is 0 Å². The summed E-state index contributed by atoms with van der Waals surface area (Å²) in [5.41, 5.74) is -7.23. The molecule has 1 aromatic heterocycles. The van der Waals surface area contributed by atoms with Crippen LogP contribution in [0.15, 0.2) is 91.1 Å². The summed E-state index contributed by atoms with van der Waals surface area (Å²) in [7, 11) is -2.51. The number of halogens is 11. The largest absolute Gasteiger partial charge is 0.430 e. The number of aromatic nitrogens is 1. The summed E-state index contributed by atoms with van der Waals surface area (Å²) in [6.45, 7) is 0. The number of hydrogen-bond acceptors (Lipinski definition) is 2. The zero-order valence-electron chi connectivity index (χ0n) is 21.3. The summed E-state index contributed by atoms with van der Waals surface area (Å²) in [6.07, 6.45) is -16.9. The Balaban J connectivity index is 0.000000304. The first-order valence-electron chi connectivity index (χ1n) is 11.7. The molecule has 43 heavy (non-hydrogen) atoms. The first-order valence-corrected chi connectivity index (χ1v) is 13.4. The van der Waals surface area contributed by atoms with Gasteiger partial charge in [-0.2, -0.15) is 39.5 Å². The number of aliphatic hydroxyl groups is 1. The topological polar surface area (TPSA) is 33.1 Å². The summed E-state index contributed by atoms with van der Waals surface area (Å²) < 4.78 is 142. The minimum Gasteiger partial charge on any atom is -0.371 e. The molecule has 4 rings (SSSR count). The van der Waals surface area contributed by atoms with Crippen LogP contribution in [0.25, 0.3) is 11.3 Å². The molecule has 1 radical (unpaired) electrons. The van der Waals surface area contributed by atoms with Crippen LogP contribution in [0.2, 0.25) is 0 Å². The van der Waals surface area contributed by atoms with Crippen LogP contribution in [0.3, 0.4) is 0 Å². The van der Waals surface area contributed by atoms with E-state index in [2.05, 4.69) is 11.1 Å². The molecule has 0 atom stereocenters. The predicted octanol–water partition coefficient (Wildman–Crippen LogP) is 7.55. The Kier molecular flexibility index (Phi) is 12.0. The zero-order chi connectivity index (χ0) is 31.3. The quantitative estimate of drug-likeness (QED) is 0.128. The second kappa shape index (κ2) is 14.2. The van der Waals surface area contributed by atoms with Crippen molar-refractivity contribution in [2.75, 3.05) is 6.16 Å². The molecule has 2 nitrogen and oxygen atoms in total. The van der Waals surface area contributed by atoms with E-state index in [0.717, 1.165) is 0 Å². The summed E-state index contributed by atoms with van der Waals surface area (Å²) in [6, 6.07) is 22.2. The van der Waals surface area contributed by atoms with Crippen molar-refractivity contribution in [3.05, 3.63) is 114 Å². The van der Waals surface area contributed by atoms with Crippen LogP contribution >= 0.6 is 7.92 Å². The van der Waals surface area contributed by atoms with Crippen molar-refractivity contribution < 1.29 is 73.5 Å². The minimum atomic E-state index is -5.81. The number of rotatable bonds is 5. The molecule has 0 saturated heterocycles. The van der Waals surface area contributed by atoms with E-state index in [0.29, 0.717) is 16.7 Å². The Morgan fingerprint density at radius 1 is 0.698 bits per heavy atom. The van der Waals surface area contributed by atoms with Crippen molar-refractivity contribution in [3.8, 4) is 11.3 Å². The van der Waals surface area contributed by atoms with Crippen LogP contribution < -0.4 is 10.6 Å². The molecule has 0 aliphatic rings. The van der Waals surface area contributed by atoms with Gasteiger partial charge < -0.3 is 10.1 Å². The fourth-order valence-electron chi connectivity index (χ4n) is 3.72. The van der Waals surface area contributed by atoms with Gasteiger partial charge in [-0.1, -0.05) is 54.1 Å². The molecule has 3 aromatic carbocycles. The number of nitrogens with zero attached hydrogens (tertiary/aromatic N) is 1. The van der Waals surface area contributed by atoms with Crippen LogP contribution in [0.4, 0.5) is 48.3 Å². The van der Waals surface area contributed by atoms with Crippen molar-refractivity contribution in [1.82, 2.24) is 4.98 Å². The Labute approximate surface area is 252 Å². The van der Waals surface area contributed by atoms with Gasteiger partial charge in [-0.05, 0) is 36.0 Å². The molecule has 0 amide bonds. The molecule has 4 aromatic rings. The maximum Gasteiger partial charge on any atom is 0.430 e. The number of alkyl halides is 9. The third kappa shape index (κ3) is 8.59. The van der Waals surface area contributed by atoms with Crippen molar-refractivity contribution in [1.29, 1.82) is 0 Å². The molecular formula is C28H19F11IrNOP. The monoisotopic (exact) mass is 818 g/mol. The molecule has 0 bridgehead atoms. The Hall–Kier alpha value is -2.92. The van der Waals surface area contributed by atoms with E-state index in [-0.39, 0.29) is 25.8 Å². The molecule has 0 aliphatic heterocycles. The van der Waals surface area contributed by atoms with E-state index < -0.39 is 61.0 Å². The summed E-state index contributed by atoms with van der Waals surface area (Å²) >= 11 is 0. The molecule has 0 aliphatic carbocycles. The Bertz CT molecular complexity index is 1400. The van der Waals surface area contributed by atoms with Gasteiger partial charge in [-0.15, -0.1) is 12.1 Å². The van der Waals surface area contributed by atoms with Gasteiger partial charge in [0.25, 0.3) is 5.60 Å². The molecule has 0 unspecified atom stereocenters. The summed E-state index contributed by atoms with van der Waals surface area (Å²) in [5, 5.41) is 10.3. The third-order valence-corrected chi connectivity index (χ3v) is 8.77. The normalized spacial score (nSPS) is 12.3. The van der Waals surface area contributed by atoms with Crippen LogP contribution in [-0.4, -0.2) is 34.2 Å². The molecule has 0 fully saturated rings. The molecule has 1 heterocycles. The first kappa shape index (κ1) is 36.3. The smallest absolute Gasteiger partial charge is 0.371 e. The van der Waals surface area contributed by atoms with Crippen molar-refractivity contribution in [2.45, 2.75) is 24.1 Å². The van der Waals surface area contributed by atoms with Crippen LogP contribution in [0.1, 0.15) is 5.56 Å².